The highest BCUT2D eigenvalue weighted by atomic mass is 35.5. The van der Waals surface area contributed by atoms with E-state index < -0.39 is 5.60 Å². The standard InChI is InChI=1S/C25H31ClN2O4/c1-25(2,3)31-24(29)28-16-10-11-17(28)13-18(12-16)30-14-20-22(19-6-4-5-7-21(19)26)27-32-23(20)15-8-9-15/h4-7,15-18H,8-14H2,1-3H3/t16-,17+,18?. The molecule has 1 aromatic carbocycles. The second kappa shape index (κ2) is 8.38. The maximum absolute atomic E-state index is 12.7. The van der Waals surface area contributed by atoms with Gasteiger partial charge in [-0.2, -0.15) is 0 Å². The third-order valence-corrected chi connectivity index (χ3v) is 6.98. The van der Waals surface area contributed by atoms with Crippen LogP contribution in [0.1, 0.15) is 76.5 Å². The number of carbonyl (C=O) groups is 1. The van der Waals surface area contributed by atoms with Crippen molar-refractivity contribution >= 4 is 17.7 Å². The maximum Gasteiger partial charge on any atom is 0.410 e. The van der Waals surface area contributed by atoms with E-state index in [0.717, 1.165) is 61.1 Å². The fraction of sp³-hybridized carbons (Fsp3) is 0.600. The van der Waals surface area contributed by atoms with Gasteiger partial charge in [-0.1, -0.05) is 35.0 Å². The van der Waals surface area contributed by atoms with E-state index in [2.05, 4.69) is 5.16 Å². The van der Waals surface area contributed by atoms with Gasteiger partial charge >= 0.3 is 6.09 Å². The van der Waals surface area contributed by atoms with Crippen LogP contribution in [0.3, 0.4) is 0 Å². The molecule has 2 bridgehead atoms. The van der Waals surface area contributed by atoms with E-state index in [1.165, 1.54) is 0 Å². The van der Waals surface area contributed by atoms with Gasteiger partial charge in [0.1, 0.15) is 17.1 Å². The molecule has 32 heavy (non-hydrogen) atoms. The molecule has 0 N–H and O–H groups in total. The third-order valence-electron chi connectivity index (χ3n) is 6.65. The first kappa shape index (κ1) is 21.8. The van der Waals surface area contributed by atoms with E-state index in [9.17, 15) is 4.79 Å². The zero-order chi connectivity index (χ0) is 22.5. The van der Waals surface area contributed by atoms with Gasteiger partial charge in [-0.25, -0.2) is 4.79 Å². The molecule has 2 saturated heterocycles. The lowest BCUT2D eigenvalue weighted by Gasteiger charge is -2.39. The second-order valence-corrected chi connectivity index (χ2v) is 10.7. The van der Waals surface area contributed by atoms with Crippen molar-refractivity contribution in [1.29, 1.82) is 0 Å². The summed E-state index contributed by atoms with van der Waals surface area (Å²) in [6.07, 6.45) is 5.85. The van der Waals surface area contributed by atoms with Crippen molar-refractivity contribution < 1.29 is 18.8 Å². The average Bonchev–Trinajstić information content (AvgIpc) is 3.42. The van der Waals surface area contributed by atoms with Gasteiger partial charge in [0.25, 0.3) is 0 Å². The first-order valence-corrected chi connectivity index (χ1v) is 12.0. The Balaban J connectivity index is 1.29. The fourth-order valence-corrected chi connectivity index (χ4v) is 5.29. The van der Waals surface area contributed by atoms with Crippen LogP contribution in [-0.2, 0) is 16.1 Å². The molecule has 5 rings (SSSR count). The second-order valence-electron chi connectivity index (χ2n) is 10.3. The smallest absolute Gasteiger partial charge is 0.410 e. The molecule has 6 nitrogen and oxygen atoms in total. The molecule has 172 valence electrons. The summed E-state index contributed by atoms with van der Waals surface area (Å²) in [6, 6.07) is 8.08. The van der Waals surface area contributed by atoms with E-state index in [1.54, 1.807) is 0 Å². The summed E-state index contributed by atoms with van der Waals surface area (Å²) in [4.78, 5) is 14.7. The number of fused-ring (bicyclic) bond motifs is 2. The van der Waals surface area contributed by atoms with Gasteiger partial charge in [0.2, 0.25) is 0 Å². The lowest BCUT2D eigenvalue weighted by molar-refractivity contribution is -0.0398. The van der Waals surface area contributed by atoms with Crippen LogP contribution in [0.4, 0.5) is 4.79 Å². The van der Waals surface area contributed by atoms with Crippen LogP contribution in [0, 0.1) is 0 Å². The van der Waals surface area contributed by atoms with Crippen molar-refractivity contribution in [3.05, 3.63) is 40.6 Å². The van der Waals surface area contributed by atoms with Gasteiger partial charge in [0, 0.05) is 29.1 Å². The minimum absolute atomic E-state index is 0.104. The fourth-order valence-electron chi connectivity index (χ4n) is 5.07. The molecule has 1 unspecified atom stereocenters. The number of benzene rings is 1. The maximum atomic E-state index is 12.7. The van der Waals surface area contributed by atoms with E-state index >= 15 is 0 Å². The van der Waals surface area contributed by atoms with Gasteiger partial charge in [0.05, 0.1) is 17.7 Å². The number of rotatable bonds is 5. The predicted octanol–water partition coefficient (Wildman–Crippen LogP) is 6.32. The van der Waals surface area contributed by atoms with E-state index in [0.29, 0.717) is 17.5 Å². The quantitative estimate of drug-likeness (QED) is 0.524. The summed E-state index contributed by atoms with van der Waals surface area (Å²) in [5.41, 5.74) is 2.20. The van der Waals surface area contributed by atoms with Gasteiger partial charge in [0.15, 0.2) is 0 Å². The van der Waals surface area contributed by atoms with Crippen molar-refractivity contribution in [3.8, 4) is 11.3 Å². The largest absolute Gasteiger partial charge is 0.444 e. The van der Waals surface area contributed by atoms with Crippen LogP contribution in [0.2, 0.25) is 5.02 Å². The highest BCUT2D eigenvalue weighted by Crippen LogP contribution is 2.45. The summed E-state index contributed by atoms with van der Waals surface area (Å²) in [6.45, 7) is 6.19. The molecule has 2 aliphatic heterocycles. The minimum atomic E-state index is -0.480. The van der Waals surface area contributed by atoms with Gasteiger partial charge in [-0.3, -0.25) is 0 Å². The highest BCUT2D eigenvalue weighted by molar-refractivity contribution is 6.33. The molecule has 2 aromatic rings. The Morgan fingerprint density at radius 3 is 2.47 bits per heavy atom. The Hall–Kier alpha value is -2.05. The Bertz CT molecular complexity index is 980. The zero-order valence-corrected chi connectivity index (χ0v) is 19.7. The first-order chi connectivity index (χ1) is 15.3. The number of aromatic nitrogens is 1. The van der Waals surface area contributed by atoms with Crippen molar-refractivity contribution in [1.82, 2.24) is 10.1 Å². The summed E-state index contributed by atoms with van der Waals surface area (Å²) in [5.74, 6) is 1.37. The van der Waals surface area contributed by atoms with Gasteiger partial charge in [-0.15, -0.1) is 0 Å². The average molecular weight is 459 g/mol. The topological polar surface area (TPSA) is 64.8 Å². The molecule has 1 aliphatic carbocycles. The summed E-state index contributed by atoms with van der Waals surface area (Å²) >= 11 is 6.45. The monoisotopic (exact) mass is 458 g/mol. The number of hydrogen-bond acceptors (Lipinski definition) is 5. The molecule has 1 saturated carbocycles. The number of nitrogens with zero attached hydrogens (tertiary/aromatic N) is 2. The van der Waals surface area contributed by atoms with Crippen molar-refractivity contribution in [3.63, 3.8) is 0 Å². The molecular formula is C25H31ClN2O4. The highest BCUT2D eigenvalue weighted by Gasteiger charge is 2.45. The van der Waals surface area contributed by atoms with Crippen LogP contribution in [0.15, 0.2) is 28.8 Å². The number of piperidine rings is 1. The number of hydrogen-bond donors (Lipinski definition) is 0. The number of amides is 1. The van der Waals surface area contributed by atoms with Crippen LogP contribution in [0.25, 0.3) is 11.3 Å². The predicted molar refractivity (Wildman–Crippen MR) is 122 cm³/mol. The van der Waals surface area contributed by atoms with Crippen LogP contribution in [-0.4, -0.2) is 39.9 Å². The van der Waals surface area contributed by atoms with Gasteiger partial charge < -0.3 is 18.9 Å². The number of halogens is 1. The van der Waals surface area contributed by atoms with Crippen molar-refractivity contribution in [2.75, 3.05) is 0 Å². The molecule has 1 aromatic heterocycles. The number of carbonyl (C=O) groups excluding carboxylic acids is 1. The van der Waals surface area contributed by atoms with Gasteiger partial charge in [-0.05, 0) is 65.4 Å². The molecule has 3 atom stereocenters. The Kier molecular flexibility index (Phi) is 5.70. The molecule has 1 amide bonds. The number of ether oxygens (including phenoxy) is 2. The Morgan fingerprint density at radius 2 is 1.84 bits per heavy atom. The SMILES string of the molecule is CC(C)(C)OC(=O)N1[C@@H]2CC[C@H]1CC(OCc1c(-c3ccccc3Cl)noc1C1CC1)C2. The first-order valence-electron chi connectivity index (χ1n) is 11.7. The van der Waals surface area contributed by atoms with Crippen molar-refractivity contribution in [2.24, 2.45) is 0 Å². The molecule has 0 spiro atoms. The van der Waals surface area contributed by atoms with Crippen molar-refractivity contribution in [2.45, 2.75) is 95.6 Å². The van der Waals surface area contributed by atoms with Crippen LogP contribution < -0.4 is 0 Å². The molecule has 7 heteroatoms. The molecule has 3 fully saturated rings. The molecule has 3 aliphatic rings. The molecule has 0 radical (unpaired) electrons. The molecular weight excluding hydrogens is 428 g/mol. The third kappa shape index (κ3) is 4.40. The summed E-state index contributed by atoms with van der Waals surface area (Å²) < 4.78 is 17.8. The van der Waals surface area contributed by atoms with Crippen LogP contribution in [0.5, 0.6) is 0 Å². The van der Waals surface area contributed by atoms with E-state index in [4.69, 9.17) is 25.6 Å². The lowest BCUT2D eigenvalue weighted by Crippen LogP contribution is -2.50. The van der Waals surface area contributed by atoms with E-state index in [1.807, 2.05) is 49.9 Å². The summed E-state index contributed by atoms with van der Waals surface area (Å²) in [5, 5.41) is 5.04. The lowest BCUT2D eigenvalue weighted by atomic mass is 9.99. The van der Waals surface area contributed by atoms with E-state index in [-0.39, 0.29) is 24.3 Å². The Labute approximate surface area is 194 Å². The normalized spacial score (nSPS) is 25.2. The zero-order valence-electron chi connectivity index (χ0n) is 19.0. The summed E-state index contributed by atoms with van der Waals surface area (Å²) in [7, 11) is 0. The minimum Gasteiger partial charge on any atom is -0.444 e. The Morgan fingerprint density at radius 1 is 1.16 bits per heavy atom. The molecule has 3 heterocycles. The van der Waals surface area contributed by atoms with Crippen LogP contribution >= 0.6 is 11.6 Å².